The van der Waals surface area contributed by atoms with Crippen LogP contribution in [0.3, 0.4) is 0 Å². The minimum atomic E-state index is -0.938. The van der Waals surface area contributed by atoms with E-state index >= 15 is 0 Å². The molecule has 33 heavy (non-hydrogen) atoms. The highest BCUT2D eigenvalue weighted by Crippen LogP contribution is 2.16. The molecule has 0 saturated carbocycles. The van der Waals surface area contributed by atoms with Crippen LogP contribution >= 0.6 is 0 Å². The molecule has 7 nitrogen and oxygen atoms in total. The molecule has 2 N–H and O–H groups in total. The maximum atomic E-state index is 12.9. The van der Waals surface area contributed by atoms with Crippen molar-refractivity contribution in [1.82, 2.24) is 5.43 Å². The molecular formula is C25H24FN3O4. The second kappa shape index (κ2) is 11.4. The number of ether oxygens (including phenoxy) is 2. The van der Waals surface area contributed by atoms with Crippen LogP contribution in [0.4, 0.5) is 10.1 Å². The molecule has 170 valence electrons. The molecule has 2 amide bonds. The molecule has 0 aliphatic rings. The summed E-state index contributed by atoms with van der Waals surface area (Å²) < 4.78 is 23.7. The van der Waals surface area contributed by atoms with E-state index in [1.807, 2.05) is 0 Å². The SMILES string of the molecule is COc1ccc(NC(=O)C(C)C(=O)NN=Cc2ccc(OCc3ccc(F)cc3)cc2)cc1. The highest BCUT2D eigenvalue weighted by molar-refractivity contribution is 6.06. The number of nitrogens with one attached hydrogen (secondary N) is 2. The zero-order chi connectivity index (χ0) is 23.6. The lowest BCUT2D eigenvalue weighted by atomic mass is 10.1. The summed E-state index contributed by atoms with van der Waals surface area (Å²) in [6.45, 7) is 1.82. The predicted octanol–water partition coefficient (Wildman–Crippen LogP) is 4.14. The molecule has 1 unspecified atom stereocenters. The molecule has 3 aromatic carbocycles. The zero-order valence-corrected chi connectivity index (χ0v) is 18.2. The quantitative estimate of drug-likeness (QED) is 0.292. The van der Waals surface area contributed by atoms with E-state index in [2.05, 4.69) is 15.8 Å². The van der Waals surface area contributed by atoms with E-state index in [4.69, 9.17) is 9.47 Å². The lowest BCUT2D eigenvalue weighted by Crippen LogP contribution is -2.34. The van der Waals surface area contributed by atoms with Crippen LogP contribution in [-0.4, -0.2) is 25.1 Å². The smallest absolute Gasteiger partial charge is 0.252 e. The molecule has 0 spiro atoms. The Labute approximate surface area is 191 Å². The number of amides is 2. The number of hydrogen-bond donors (Lipinski definition) is 2. The number of rotatable bonds is 9. The van der Waals surface area contributed by atoms with Crippen LogP contribution in [0.5, 0.6) is 11.5 Å². The molecule has 1 atom stereocenters. The first-order valence-electron chi connectivity index (χ1n) is 10.2. The van der Waals surface area contributed by atoms with Crippen molar-refractivity contribution in [2.24, 2.45) is 11.0 Å². The molecule has 0 bridgehead atoms. The van der Waals surface area contributed by atoms with Gasteiger partial charge in [-0.3, -0.25) is 9.59 Å². The molecule has 0 aliphatic carbocycles. The predicted molar refractivity (Wildman–Crippen MR) is 124 cm³/mol. The molecule has 0 aromatic heterocycles. The van der Waals surface area contributed by atoms with Crippen molar-refractivity contribution in [2.75, 3.05) is 12.4 Å². The third kappa shape index (κ3) is 7.17. The third-order valence-corrected chi connectivity index (χ3v) is 4.73. The Morgan fingerprint density at radius 1 is 0.939 bits per heavy atom. The van der Waals surface area contributed by atoms with Crippen LogP contribution in [0.25, 0.3) is 0 Å². The number of carbonyl (C=O) groups excluding carboxylic acids is 2. The normalized spacial score (nSPS) is 11.6. The highest BCUT2D eigenvalue weighted by Gasteiger charge is 2.21. The topological polar surface area (TPSA) is 89.0 Å². The first-order valence-corrected chi connectivity index (χ1v) is 10.2. The van der Waals surface area contributed by atoms with Crippen LogP contribution in [-0.2, 0) is 16.2 Å². The molecule has 0 heterocycles. The van der Waals surface area contributed by atoms with E-state index in [1.54, 1.807) is 67.8 Å². The molecule has 0 saturated heterocycles. The van der Waals surface area contributed by atoms with Crippen molar-refractivity contribution in [2.45, 2.75) is 13.5 Å². The molecule has 0 fully saturated rings. The lowest BCUT2D eigenvalue weighted by Gasteiger charge is -2.11. The molecular weight excluding hydrogens is 425 g/mol. The van der Waals surface area contributed by atoms with Gasteiger partial charge in [0.15, 0.2) is 0 Å². The lowest BCUT2D eigenvalue weighted by molar-refractivity contribution is -0.131. The number of nitrogens with zero attached hydrogens (tertiary/aromatic N) is 1. The first-order chi connectivity index (χ1) is 15.9. The number of hydrazone groups is 1. The third-order valence-electron chi connectivity index (χ3n) is 4.73. The number of methoxy groups -OCH3 is 1. The number of benzene rings is 3. The average Bonchev–Trinajstić information content (AvgIpc) is 2.84. The van der Waals surface area contributed by atoms with Gasteiger partial charge in [-0.1, -0.05) is 12.1 Å². The Hall–Kier alpha value is -4.20. The van der Waals surface area contributed by atoms with Gasteiger partial charge in [-0.15, -0.1) is 0 Å². The summed E-state index contributed by atoms with van der Waals surface area (Å²) in [6.07, 6.45) is 1.47. The Morgan fingerprint density at radius 2 is 1.58 bits per heavy atom. The van der Waals surface area contributed by atoms with Crippen LogP contribution in [0, 0.1) is 11.7 Å². The highest BCUT2D eigenvalue weighted by atomic mass is 19.1. The van der Waals surface area contributed by atoms with E-state index in [1.165, 1.54) is 25.3 Å². The van der Waals surface area contributed by atoms with E-state index in [0.717, 1.165) is 11.1 Å². The maximum absolute atomic E-state index is 12.9. The summed E-state index contributed by atoms with van der Waals surface area (Å²) in [4.78, 5) is 24.5. The van der Waals surface area contributed by atoms with E-state index in [-0.39, 0.29) is 5.82 Å². The van der Waals surface area contributed by atoms with Gasteiger partial charge >= 0.3 is 0 Å². The van der Waals surface area contributed by atoms with Gasteiger partial charge in [-0.2, -0.15) is 5.10 Å². The fourth-order valence-electron chi connectivity index (χ4n) is 2.71. The number of halogens is 1. The summed E-state index contributed by atoms with van der Waals surface area (Å²) in [7, 11) is 1.55. The van der Waals surface area contributed by atoms with Gasteiger partial charge in [0.1, 0.15) is 29.8 Å². The van der Waals surface area contributed by atoms with Crippen molar-refractivity contribution >= 4 is 23.7 Å². The fraction of sp³-hybridized carbons (Fsp3) is 0.160. The van der Waals surface area contributed by atoms with Gasteiger partial charge in [0.2, 0.25) is 5.91 Å². The van der Waals surface area contributed by atoms with E-state index < -0.39 is 17.7 Å². The van der Waals surface area contributed by atoms with Crippen LogP contribution in [0.2, 0.25) is 0 Å². The van der Waals surface area contributed by atoms with Crippen molar-refractivity contribution < 1.29 is 23.5 Å². The Bertz CT molecular complexity index is 1100. The van der Waals surface area contributed by atoms with Crippen LogP contribution in [0.15, 0.2) is 77.9 Å². The summed E-state index contributed by atoms with van der Waals surface area (Å²) >= 11 is 0. The standard InChI is InChI=1S/C25H24FN3O4/c1-17(24(30)28-21-9-13-22(32-2)14-10-21)25(31)29-27-15-18-5-11-23(12-6-18)33-16-19-3-7-20(26)8-4-19/h3-15,17H,16H2,1-2H3,(H,28,30)(H,29,31). The van der Waals surface area contributed by atoms with Crippen molar-refractivity contribution in [3.8, 4) is 11.5 Å². The van der Waals surface area contributed by atoms with Crippen LogP contribution in [0.1, 0.15) is 18.1 Å². The van der Waals surface area contributed by atoms with Crippen molar-refractivity contribution in [3.05, 3.63) is 89.7 Å². The first kappa shape index (κ1) is 23.5. The molecule has 3 aromatic rings. The summed E-state index contributed by atoms with van der Waals surface area (Å²) in [5, 5.41) is 6.58. The maximum Gasteiger partial charge on any atom is 0.252 e. The minimum absolute atomic E-state index is 0.290. The molecule has 8 heteroatoms. The second-order valence-corrected chi connectivity index (χ2v) is 7.16. The monoisotopic (exact) mass is 449 g/mol. The van der Waals surface area contributed by atoms with Crippen molar-refractivity contribution in [3.63, 3.8) is 0 Å². The molecule has 0 radical (unpaired) electrons. The summed E-state index contributed by atoms with van der Waals surface area (Å²) in [6, 6.07) is 20.0. The Kier molecular flexibility index (Phi) is 8.13. The largest absolute Gasteiger partial charge is 0.497 e. The van der Waals surface area contributed by atoms with Gasteiger partial charge in [0, 0.05) is 5.69 Å². The summed E-state index contributed by atoms with van der Waals surface area (Å²) in [5.41, 5.74) is 4.52. The van der Waals surface area contributed by atoms with Crippen LogP contribution < -0.4 is 20.2 Å². The summed E-state index contributed by atoms with van der Waals surface area (Å²) in [5.74, 6) is -0.898. The average molecular weight is 449 g/mol. The van der Waals surface area contributed by atoms with Gasteiger partial charge in [0.25, 0.3) is 5.91 Å². The number of hydrogen-bond acceptors (Lipinski definition) is 5. The van der Waals surface area contributed by atoms with Gasteiger partial charge < -0.3 is 14.8 Å². The van der Waals surface area contributed by atoms with Gasteiger partial charge in [0.05, 0.1) is 13.3 Å². The van der Waals surface area contributed by atoms with E-state index in [0.29, 0.717) is 23.8 Å². The van der Waals surface area contributed by atoms with Gasteiger partial charge in [-0.25, -0.2) is 9.82 Å². The minimum Gasteiger partial charge on any atom is -0.497 e. The molecule has 3 rings (SSSR count). The van der Waals surface area contributed by atoms with Gasteiger partial charge in [-0.05, 0) is 78.7 Å². The Balaban J connectivity index is 1.45. The number of carbonyl (C=O) groups is 2. The second-order valence-electron chi connectivity index (χ2n) is 7.16. The van der Waals surface area contributed by atoms with Crippen molar-refractivity contribution in [1.29, 1.82) is 0 Å². The van der Waals surface area contributed by atoms with E-state index in [9.17, 15) is 14.0 Å². The molecule has 0 aliphatic heterocycles. The number of anilines is 1. The zero-order valence-electron chi connectivity index (χ0n) is 18.2. The Morgan fingerprint density at radius 3 is 2.21 bits per heavy atom. The fourth-order valence-corrected chi connectivity index (χ4v) is 2.71.